The molecular weight excluding hydrogens is 252 g/mol. The van der Waals surface area contributed by atoms with Crippen LogP contribution in [-0.2, 0) is 10.8 Å². The van der Waals surface area contributed by atoms with Gasteiger partial charge in [0.25, 0.3) is 5.91 Å². The third-order valence-electron chi connectivity index (χ3n) is 2.61. The maximum Gasteiger partial charge on any atom is 0.251 e. The first-order valence-electron chi connectivity index (χ1n) is 5.49. The van der Waals surface area contributed by atoms with Crippen molar-refractivity contribution >= 4 is 22.4 Å². The van der Waals surface area contributed by atoms with Gasteiger partial charge in [0.05, 0.1) is 12.8 Å². The average molecular weight is 270 g/mol. The number of nitrogens with one attached hydrogen (secondary N) is 1. The fourth-order valence-electron chi connectivity index (χ4n) is 1.33. The van der Waals surface area contributed by atoms with Gasteiger partial charge in [0.1, 0.15) is 5.75 Å². The maximum absolute atomic E-state index is 11.8. The van der Waals surface area contributed by atoms with Crippen LogP contribution in [0.1, 0.15) is 17.3 Å². The molecule has 0 spiro atoms. The van der Waals surface area contributed by atoms with Crippen LogP contribution in [-0.4, -0.2) is 35.3 Å². The second kappa shape index (κ2) is 6.39. The number of methoxy groups -OCH3 is 1. The van der Waals surface area contributed by atoms with Crippen molar-refractivity contribution in [1.29, 1.82) is 0 Å². The van der Waals surface area contributed by atoms with Crippen molar-refractivity contribution in [3.63, 3.8) is 0 Å². The fraction of sp³-hybridized carbons (Fsp3) is 0.417. The fourth-order valence-corrected chi connectivity index (χ4v) is 1.65. The Kier molecular flexibility index (Phi) is 5.15. The molecule has 100 valence electrons. The summed E-state index contributed by atoms with van der Waals surface area (Å²) in [5, 5.41) is 2.64. The summed E-state index contributed by atoms with van der Waals surface area (Å²) in [5.74, 6) is 0.302. The minimum absolute atomic E-state index is 0.0791. The summed E-state index contributed by atoms with van der Waals surface area (Å²) in [4.78, 5) is 11.8. The molecule has 2 unspecified atom stereocenters. The molecule has 1 aromatic carbocycles. The SMILES string of the molecule is COc1ccc(C(=O)NCC(C)S(C)=O)cc1N. The van der Waals surface area contributed by atoms with Crippen LogP contribution in [0.25, 0.3) is 0 Å². The topological polar surface area (TPSA) is 81.4 Å². The van der Waals surface area contributed by atoms with E-state index in [-0.39, 0.29) is 11.2 Å². The second-order valence-corrected chi connectivity index (χ2v) is 5.78. The van der Waals surface area contributed by atoms with Gasteiger partial charge in [-0.1, -0.05) is 0 Å². The van der Waals surface area contributed by atoms with Crippen molar-refractivity contribution in [2.24, 2.45) is 0 Å². The number of hydrogen-bond donors (Lipinski definition) is 2. The minimum Gasteiger partial charge on any atom is -0.495 e. The number of anilines is 1. The number of benzene rings is 1. The van der Waals surface area contributed by atoms with E-state index >= 15 is 0 Å². The molecule has 0 heterocycles. The number of carbonyl (C=O) groups is 1. The minimum atomic E-state index is -0.952. The highest BCUT2D eigenvalue weighted by atomic mass is 32.2. The molecule has 1 amide bonds. The molecule has 2 atom stereocenters. The number of amides is 1. The van der Waals surface area contributed by atoms with Gasteiger partial charge in [0.2, 0.25) is 0 Å². The molecule has 1 rings (SSSR count). The van der Waals surface area contributed by atoms with Gasteiger partial charge >= 0.3 is 0 Å². The molecular formula is C12H18N2O3S. The highest BCUT2D eigenvalue weighted by Gasteiger charge is 2.11. The zero-order chi connectivity index (χ0) is 13.7. The van der Waals surface area contributed by atoms with Crippen molar-refractivity contribution in [3.8, 4) is 5.75 Å². The first-order chi connectivity index (χ1) is 8.45. The van der Waals surface area contributed by atoms with E-state index in [0.717, 1.165) is 0 Å². The molecule has 0 aliphatic heterocycles. The van der Waals surface area contributed by atoms with Gasteiger partial charge in [-0.3, -0.25) is 9.00 Å². The van der Waals surface area contributed by atoms with E-state index in [0.29, 0.717) is 23.5 Å². The van der Waals surface area contributed by atoms with Gasteiger partial charge < -0.3 is 15.8 Å². The molecule has 0 bridgehead atoms. The van der Waals surface area contributed by atoms with E-state index in [1.807, 2.05) is 6.92 Å². The van der Waals surface area contributed by atoms with Gasteiger partial charge in [-0.25, -0.2) is 0 Å². The van der Waals surface area contributed by atoms with Crippen molar-refractivity contribution in [1.82, 2.24) is 5.32 Å². The van der Waals surface area contributed by atoms with Crippen LogP contribution < -0.4 is 15.8 Å². The predicted octanol–water partition coefficient (Wildman–Crippen LogP) is 0.774. The Morgan fingerprint density at radius 1 is 1.56 bits per heavy atom. The third-order valence-corrected chi connectivity index (χ3v) is 3.91. The smallest absolute Gasteiger partial charge is 0.251 e. The van der Waals surface area contributed by atoms with Crippen LogP contribution >= 0.6 is 0 Å². The summed E-state index contributed by atoms with van der Waals surface area (Å²) in [6, 6.07) is 4.84. The first-order valence-corrected chi connectivity index (χ1v) is 7.11. The van der Waals surface area contributed by atoms with Gasteiger partial charge in [-0.2, -0.15) is 0 Å². The largest absolute Gasteiger partial charge is 0.495 e. The highest BCUT2D eigenvalue weighted by molar-refractivity contribution is 7.84. The summed E-state index contributed by atoms with van der Waals surface area (Å²) < 4.78 is 16.2. The Morgan fingerprint density at radius 2 is 2.22 bits per heavy atom. The number of rotatable bonds is 5. The molecule has 3 N–H and O–H groups in total. The lowest BCUT2D eigenvalue weighted by Gasteiger charge is -2.11. The summed E-state index contributed by atoms with van der Waals surface area (Å²) in [6.07, 6.45) is 1.61. The zero-order valence-electron chi connectivity index (χ0n) is 10.7. The highest BCUT2D eigenvalue weighted by Crippen LogP contribution is 2.21. The lowest BCUT2D eigenvalue weighted by atomic mass is 10.1. The van der Waals surface area contributed by atoms with Crippen molar-refractivity contribution in [2.75, 3.05) is 25.6 Å². The van der Waals surface area contributed by atoms with Crippen LogP contribution in [0.2, 0.25) is 0 Å². The van der Waals surface area contributed by atoms with Crippen LogP contribution in [0.5, 0.6) is 5.75 Å². The molecule has 0 saturated carbocycles. The molecule has 0 radical (unpaired) electrons. The molecule has 0 fully saturated rings. The van der Waals surface area contributed by atoms with Gasteiger partial charge in [-0.15, -0.1) is 0 Å². The van der Waals surface area contributed by atoms with E-state index < -0.39 is 10.8 Å². The monoisotopic (exact) mass is 270 g/mol. The van der Waals surface area contributed by atoms with Crippen LogP contribution in [0.15, 0.2) is 18.2 Å². The molecule has 18 heavy (non-hydrogen) atoms. The van der Waals surface area contributed by atoms with Crippen LogP contribution in [0, 0.1) is 0 Å². The van der Waals surface area contributed by atoms with Gasteiger partial charge in [0.15, 0.2) is 0 Å². The van der Waals surface area contributed by atoms with Crippen molar-refractivity contribution in [3.05, 3.63) is 23.8 Å². The number of nitrogens with two attached hydrogens (primary N) is 1. The van der Waals surface area contributed by atoms with E-state index in [9.17, 15) is 9.00 Å². The van der Waals surface area contributed by atoms with Crippen LogP contribution in [0.3, 0.4) is 0 Å². The van der Waals surface area contributed by atoms with Gasteiger partial charge in [0, 0.05) is 34.4 Å². The Morgan fingerprint density at radius 3 is 2.72 bits per heavy atom. The molecule has 0 saturated heterocycles. The predicted molar refractivity (Wildman–Crippen MR) is 73.3 cm³/mol. The average Bonchev–Trinajstić information content (AvgIpc) is 2.35. The van der Waals surface area contributed by atoms with E-state index in [1.165, 1.54) is 7.11 Å². The molecule has 0 aliphatic carbocycles. The summed E-state index contributed by atoms with van der Waals surface area (Å²) in [7, 11) is 0.566. The maximum atomic E-state index is 11.8. The van der Waals surface area contributed by atoms with Crippen LogP contribution in [0.4, 0.5) is 5.69 Å². The Labute approximate surface area is 109 Å². The molecule has 6 heteroatoms. The Balaban J connectivity index is 2.67. The number of nitrogen functional groups attached to an aromatic ring is 1. The summed E-state index contributed by atoms with van der Waals surface area (Å²) in [5.41, 5.74) is 6.59. The molecule has 0 aromatic heterocycles. The number of carbonyl (C=O) groups excluding carboxylic acids is 1. The van der Waals surface area contributed by atoms with E-state index in [2.05, 4.69) is 5.32 Å². The molecule has 0 aliphatic rings. The molecule has 5 nitrogen and oxygen atoms in total. The van der Waals surface area contributed by atoms with Crippen molar-refractivity contribution in [2.45, 2.75) is 12.2 Å². The number of hydrogen-bond acceptors (Lipinski definition) is 4. The normalized spacial score (nSPS) is 13.7. The summed E-state index contributed by atoms with van der Waals surface area (Å²) >= 11 is 0. The van der Waals surface area contributed by atoms with E-state index in [1.54, 1.807) is 24.5 Å². The lowest BCUT2D eigenvalue weighted by Crippen LogP contribution is -2.32. The van der Waals surface area contributed by atoms with E-state index in [4.69, 9.17) is 10.5 Å². The zero-order valence-corrected chi connectivity index (χ0v) is 11.5. The third kappa shape index (κ3) is 3.73. The quantitative estimate of drug-likeness (QED) is 0.775. The standard InChI is InChI=1S/C12H18N2O3S/c1-8(18(3)16)7-14-12(15)9-4-5-11(17-2)10(13)6-9/h4-6,8H,7,13H2,1-3H3,(H,14,15). The summed E-state index contributed by atoms with van der Waals surface area (Å²) in [6.45, 7) is 2.19. The molecule has 1 aromatic rings. The Hall–Kier alpha value is -1.56. The number of ether oxygens (including phenoxy) is 1. The van der Waals surface area contributed by atoms with Gasteiger partial charge in [-0.05, 0) is 25.1 Å². The second-order valence-electron chi connectivity index (χ2n) is 3.98. The van der Waals surface area contributed by atoms with Crippen molar-refractivity contribution < 1.29 is 13.7 Å². The lowest BCUT2D eigenvalue weighted by molar-refractivity contribution is 0.0954. The Bertz CT molecular complexity index is 463. The first kappa shape index (κ1) is 14.5.